The second-order valence-corrected chi connectivity index (χ2v) is 4.28. The summed E-state index contributed by atoms with van der Waals surface area (Å²) in [6.45, 7) is 12.2. The van der Waals surface area contributed by atoms with Crippen LogP contribution in [0.1, 0.15) is 38.8 Å². The average molecular weight is 283 g/mol. The number of aromatic nitrogens is 3. The molecule has 1 aromatic carbocycles. The Bertz CT molecular complexity index is 684. The Labute approximate surface area is 127 Å². The van der Waals surface area contributed by atoms with Gasteiger partial charge in [0.1, 0.15) is 0 Å². The van der Waals surface area contributed by atoms with E-state index in [0.717, 1.165) is 11.3 Å². The van der Waals surface area contributed by atoms with Crippen LogP contribution in [-0.2, 0) is 0 Å². The molecule has 0 bridgehead atoms. The normalized spacial score (nSPS) is 9.43. The lowest BCUT2D eigenvalue weighted by molar-refractivity contribution is 1.13. The van der Waals surface area contributed by atoms with E-state index in [-0.39, 0.29) is 0 Å². The van der Waals surface area contributed by atoms with Crippen LogP contribution in [0.5, 0.6) is 0 Å². The van der Waals surface area contributed by atoms with Gasteiger partial charge in [0.2, 0.25) is 0 Å². The molecule has 0 amide bonds. The van der Waals surface area contributed by atoms with Gasteiger partial charge in [0.05, 0.1) is 11.9 Å². The largest absolute Gasteiger partial charge is 0.304 e. The lowest BCUT2D eigenvalue weighted by Crippen LogP contribution is -1.92. The molecule has 2 aromatic heterocycles. The molecule has 0 N–H and O–H groups in total. The van der Waals surface area contributed by atoms with E-state index in [1.54, 1.807) is 12.4 Å². The van der Waals surface area contributed by atoms with Gasteiger partial charge in [0.25, 0.3) is 0 Å². The van der Waals surface area contributed by atoms with E-state index in [0.29, 0.717) is 0 Å². The first-order valence-corrected chi connectivity index (χ1v) is 7.60. The van der Waals surface area contributed by atoms with Crippen molar-refractivity contribution in [2.75, 3.05) is 0 Å². The number of benzene rings is 1. The maximum atomic E-state index is 4.47. The summed E-state index contributed by atoms with van der Waals surface area (Å²) in [4.78, 5) is 8.66. The molecule has 0 radical (unpaired) electrons. The van der Waals surface area contributed by atoms with Crippen LogP contribution in [0.15, 0.2) is 43.0 Å². The molecule has 0 spiro atoms. The minimum atomic E-state index is 0.874. The van der Waals surface area contributed by atoms with Crippen molar-refractivity contribution in [3.63, 3.8) is 0 Å². The molecule has 112 valence electrons. The summed E-state index contributed by atoms with van der Waals surface area (Å²) in [5.74, 6) is 0. The van der Waals surface area contributed by atoms with Gasteiger partial charge in [-0.3, -0.25) is 4.98 Å². The van der Waals surface area contributed by atoms with E-state index in [1.807, 2.05) is 44.5 Å². The minimum absolute atomic E-state index is 0.874. The number of fused-ring (bicyclic) bond motifs is 1. The van der Waals surface area contributed by atoms with Gasteiger partial charge >= 0.3 is 0 Å². The van der Waals surface area contributed by atoms with Crippen molar-refractivity contribution >= 4 is 5.65 Å². The molecule has 21 heavy (non-hydrogen) atoms. The Morgan fingerprint density at radius 2 is 1.67 bits per heavy atom. The number of rotatable bonds is 1. The van der Waals surface area contributed by atoms with Crippen molar-refractivity contribution in [1.82, 2.24) is 14.4 Å². The lowest BCUT2D eigenvalue weighted by Gasteiger charge is -2.06. The Kier molecular flexibility index (Phi) is 6.60. The van der Waals surface area contributed by atoms with E-state index in [4.69, 9.17) is 0 Å². The molecular formula is C18H25N3. The van der Waals surface area contributed by atoms with Gasteiger partial charge in [-0.25, -0.2) is 4.98 Å². The minimum Gasteiger partial charge on any atom is -0.304 e. The third-order valence-electron chi connectivity index (χ3n) is 2.95. The third kappa shape index (κ3) is 3.91. The Morgan fingerprint density at radius 1 is 0.952 bits per heavy atom. The first-order chi connectivity index (χ1) is 10.2. The van der Waals surface area contributed by atoms with Crippen LogP contribution >= 0.6 is 0 Å². The smallest absolute Gasteiger partial charge is 0.155 e. The van der Waals surface area contributed by atoms with Gasteiger partial charge in [0.15, 0.2) is 5.65 Å². The molecule has 3 heteroatoms. The van der Waals surface area contributed by atoms with Crippen LogP contribution in [0.25, 0.3) is 16.9 Å². The quantitative estimate of drug-likeness (QED) is 0.624. The fourth-order valence-electron chi connectivity index (χ4n) is 1.98. The van der Waals surface area contributed by atoms with Crippen molar-refractivity contribution in [3.8, 4) is 11.3 Å². The Hall–Kier alpha value is -2.16. The number of hydrogen-bond acceptors (Lipinski definition) is 2. The highest BCUT2D eigenvalue weighted by molar-refractivity contribution is 5.64. The van der Waals surface area contributed by atoms with Gasteiger partial charge in [-0.15, -0.1) is 0 Å². The van der Waals surface area contributed by atoms with Gasteiger partial charge < -0.3 is 4.40 Å². The van der Waals surface area contributed by atoms with Crippen molar-refractivity contribution in [2.45, 2.75) is 41.5 Å². The molecule has 0 saturated carbocycles. The van der Waals surface area contributed by atoms with Crippen molar-refractivity contribution < 1.29 is 0 Å². The molecule has 3 rings (SSSR count). The molecule has 2 heterocycles. The van der Waals surface area contributed by atoms with Crippen LogP contribution in [0, 0.1) is 13.8 Å². The van der Waals surface area contributed by atoms with E-state index >= 15 is 0 Å². The van der Waals surface area contributed by atoms with Gasteiger partial charge in [-0.2, -0.15) is 0 Å². The van der Waals surface area contributed by atoms with Crippen molar-refractivity contribution in [3.05, 3.63) is 54.1 Å². The molecule has 0 aliphatic heterocycles. The fraction of sp³-hybridized carbons (Fsp3) is 0.333. The first kappa shape index (κ1) is 16.9. The van der Waals surface area contributed by atoms with Crippen molar-refractivity contribution in [1.29, 1.82) is 0 Å². The second kappa shape index (κ2) is 8.20. The van der Waals surface area contributed by atoms with Crippen LogP contribution in [-0.4, -0.2) is 14.4 Å². The molecular weight excluding hydrogens is 258 g/mol. The summed E-state index contributed by atoms with van der Waals surface area (Å²) in [6.07, 6.45) is 7.54. The number of nitrogens with zero attached hydrogens (tertiary/aromatic N) is 3. The Balaban J connectivity index is 0.000000510. The van der Waals surface area contributed by atoms with E-state index in [9.17, 15) is 0 Å². The summed E-state index contributed by atoms with van der Waals surface area (Å²) >= 11 is 0. The Morgan fingerprint density at radius 3 is 2.38 bits per heavy atom. The second-order valence-electron chi connectivity index (χ2n) is 4.28. The highest BCUT2D eigenvalue weighted by Crippen LogP contribution is 2.22. The highest BCUT2D eigenvalue weighted by atomic mass is 15.0. The summed E-state index contributed by atoms with van der Waals surface area (Å²) in [5, 5.41) is 0. The lowest BCUT2D eigenvalue weighted by atomic mass is 10.0. The maximum absolute atomic E-state index is 4.47. The molecule has 0 fully saturated rings. The van der Waals surface area contributed by atoms with Gasteiger partial charge in [0, 0.05) is 24.2 Å². The predicted molar refractivity (Wildman–Crippen MR) is 90.6 cm³/mol. The maximum Gasteiger partial charge on any atom is 0.155 e. The van der Waals surface area contributed by atoms with E-state index in [1.165, 1.54) is 16.7 Å². The van der Waals surface area contributed by atoms with Crippen LogP contribution < -0.4 is 0 Å². The number of hydrogen-bond donors (Lipinski definition) is 0. The summed E-state index contributed by atoms with van der Waals surface area (Å²) in [6, 6.07) is 6.42. The van der Waals surface area contributed by atoms with Crippen LogP contribution in [0.2, 0.25) is 0 Å². The molecule has 0 atom stereocenters. The SMILES string of the molecule is CC.CC.Cc1ccc(C)c(-c2cn3ccnc3cn2)c1. The monoisotopic (exact) mass is 283 g/mol. The predicted octanol–water partition coefficient (Wildman–Crippen LogP) is 5.07. The van der Waals surface area contributed by atoms with Crippen LogP contribution in [0.3, 0.4) is 0 Å². The zero-order chi connectivity index (χ0) is 15.8. The molecule has 3 aromatic rings. The molecule has 0 aliphatic rings. The van der Waals surface area contributed by atoms with E-state index in [2.05, 4.69) is 42.0 Å². The third-order valence-corrected chi connectivity index (χ3v) is 2.95. The highest BCUT2D eigenvalue weighted by Gasteiger charge is 2.05. The number of imidazole rings is 1. The molecule has 0 aliphatic carbocycles. The molecule has 0 unspecified atom stereocenters. The fourth-order valence-corrected chi connectivity index (χ4v) is 1.98. The topological polar surface area (TPSA) is 30.2 Å². The molecule has 3 nitrogen and oxygen atoms in total. The first-order valence-electron chi connectivity index (χ1n) is 7.60. The summed E-state index contributed by atoms with van der Waals surface area (Å²) in [7, 11) is 0. The summed E-state index contributed by atoms with van der Waals surface area (Å²) < 4.78 is 1.99. The zero-order valence-corrected chi connectivity index (χ0v) is 13.9. The number of aryl methyl sites for hydroxylation is 2. The average Bonchev–Trinajstić information content (AvgIpc) is 3.01. The standard InChI is InChI=1S/C14H13N3.2C2H6/c1-10-3-4-11(2)12(7-10)13-9-17-6-5-15-14(17)8-16-13;2*1-2/h3-9H,1-2H3;2*1-2H3. The zero-order valence-electron chi connectivity index (χ0n) is 13.9. The summed E-state index contributed by atoms with van der Waals surface area (Å²) in [5.41, 5.74) is 5.53. The molecule has 0 saturated heterocycles. The van der Waals surface area contributed by atoms with Crippen LogP contribution in [0.4, 0.5) is 0 Å². The van der Waals surface area contributed by atoms with Gasteiger partial charge in [-0.05, 0) is 25.5 Å². The van der Waals surface area contributed by atoms with Crippen molar-refractivity contribution in [2.24, 2.45) is 0 Å². The van der Waals surface area contributed by atoms with Gasteiger partial charge in [-0.1, -0.05) is 45.4 Å². The van der Waals surface area contributed by atoms with E-state index < -0.39 is 0 Å².